The van der Waals surface area contributed by atoms with E-state index in [1.54, 1.807) is 0 Å². The quantitative estimate of drug-likeness (QED) is 0.585. The molecule has 0 N–H and O–H groups in total. The molecular formula is C10H15BrO. The Balaban J connectivity index is 2.18. The molecule has 2 atom stereocenters. The maximum absolute atomic E-state index is 11.6. The van der Waals surface area contributed by atoms with Crippen LogP contribution in [0.5, 0.6) is 0 Å². The van der Waals surface area contributed by atoms with E-state index in [0.717, 1.165) is 31.6 Å². The standard InChI is InChI=1S/C10H15BrO/c11-10-6-2-1-3-8(7-10)4-5-9(10)12/h8H,1-7H2. The zero-order valence-electron chi connectivity index (χ0n) is 7.31. The molecule has 0 saturated heterocycles. The predicted molar refractivity (Wildman–Crippen MR) is 52.5 cm³/mol. The number of hydrogen-bond acceptors (Lipinski definition) is 1. The van der Waals surface area contributed by atoms with E-state index in [0.29, 0.717) is 5.78 Å². The Morgan fingerprint density at radius 2 is 2.17 bits per heavy atom. The number of hydrogen-bond donors (Lipinski definition) is 0. The SMILES string of the molecule is O=C1CCC2CCCCC1(Br)C2. The van der Waals surface area contributed by atoms with Crippen molar-refractivity contribution in [2.75, 3.05) is 0 Å². The second-order valence-electron chi connectivity index (χ2n) is 4.24. The lowest BCUT2D eigenvalue weighted by Crippen LogP contribution is -2.37. The van der Waals surface area contributed by atoms with Crippen LogP contribution in [0.1, 0.15) is 44.9 Å². The molecule has 12 heavy (non-hydrogen) atoms. The zero-order chi connectivity index (χ0) is 8.60. The molecule has 2 saturated carbocycles. The van der Waals surface area contributed by atoms with Crippen molar-refractivity contribution in [1.29, 1.82) is 0 Å². The van der Waals surface area contributed by atoms with Gasteiger partial charge in [-0.25, -0.2) is 0 Å². The number of alkyl halides is 1. The van der Waals surface area contributed by atoms with E-state index in [9.17, 15) is 4.79 Å². The maximum atomic E-state index is 11.6. The molecule has 0 aliphatic heterocycles. The highest BCUT2D eigenvalue weighted by Crippen LogP contribution is 2.44. The molecule has 2 aliphatic carbocycles. The lowest BCUT2D eigenvalue weighted by molar-refractivity contribution is -0.123. The van der Waals surface area contributed by atoms with Gasteiger partial charge in [-0.05, 0) is 25.2 Å². The van der Waals surface area contributed by atoms with E-state index >= 15 is 0 Å². The van der Waals surface area contributed by atoms with Crippen LogP contribution in [0, 0.1) is 5.92 Å². The van der Waals surface area contributed by atoms with Crippen LogP contribution in [-0.2, 0) is 4.79 Å². The molecule has 2 aliphatic rings. The number of carbonyl (C=O) groups is 1. The average molecular weight is 231 g/mol. The van der Waals surface area contributed by atoms with Crippen LogP contribution in [0.3, 0.4) is 0 Å². The van der Waals surface area contributed by atoms with Crippen molar-refractivity contribution >= 4 is 21.7 Å². The Bertz CT molecular complexity index is 202. The van der Waals surface area contributed by atoms with Gasteiger partial charge in [-0.1, -0.05) is 35.2 Å². The minimum atomic E-state index is -0.105. The van der Waals surface area contributed by atoms with Crippen LogP contribution >= 0.6 is 15.9 Å². The second kappa shape index (κ2) is 3.13. The van der Waals surface area contributed by atoms with Crippen LogP contribution in [0.2, 0.25) is 0 Å². The smallest absolute Gasteiger partial charge is 0.149 e. The highest BCUT2D eigenvalue weighted by Gasteiger charge is 2.41. The van der Waals surface area contributed by atoms with Crippen molar-refractivity contribution in [2.45, 2.75) is 49.3 Å². The van der Waals surface area contributed by atoms with Crippen LogP contribution in [0.25, 0.3) is 0 Å². The molecule has 0 aromatic heterocycles. The molecule has 2 bridgehead atoms. The molecule has 0 amide bonds. The van der Waals surface area contributed by atoms with E-state index in [1.807, 2.05) is 0 Å². The maximum Gasteiger partial charge on any atom is 0.149 e. The Hall–Kier alpha value is 0.150. The summed E-state index contributed by atoms with van der Waals surface area (Å²) in [6, 6.07) is 0. The minimum Gasteiger partial charge on any atom is -0.298 e. The number of Topliss-reactive ketones (excluding diaryl/α,β-unsaturated/α-hetero) is 1. The predicted octanol–water partition coefficient (Wildman–Crippen LogP) is 3.06. The van der Waals surface area contributed by atoms with Gasteiger partial charge in [-0.2, -0.15) is 0 Å². The van der Waals surface area contributed by atoms with Gasteiger partial charge in [0.25, 0.3) is 0 Å². The van der Waals surface area contributed by atoms with Gasteiger partial charge in [0, 0.05) is 6.42 Å². The van der Waals surface area contributed by atoms with E-state index in [-0.39, 0.29) is 4.32 Å². The van der Waals surface area contributed by atoms with Gasteiger partial charge < -0.3 is 0 Å². The van der Waals surface area contributed by atoms with Crippen LogP contribution in [-0.4, -0.2) is 10.1 Å². The molecule has 2 unspecified atom stereocenters. The Morgan fingerprint density at radius 1 is 1.33 bits per heavy atom. The second-order valence-corrected chi connectivity index (χ2v) is 5.76. The summed E-state index contributed by atoms with van der Waals surface area (Å²) in [5, 5.41) is 0. The summed E-state index contributed by atoms with van der Waals surface area (Å²) in [6.45, 7) is 0. The van der Waals surface area contributed by atoms with Gasteiger partial charge in [-0.3, -0.25) is 4.79 Å². The first-order valence-corrected chi connectivity index (χ1v) is 5.72. The summed E-state index contributed by atoms with van der Waals surface area (Å²) in [5.74, 6) is 1.28. The molecule has 0 aromatic carbocycles. The topological polar surface area (TPSA) is 17.1 Å². The third-order valence-electron chi connectivity index (χ3n) is 3.33. The van der Waals surface area contributed by atoms with Crippen molar-refractivity contribution in [3.63, 3.8) is 0 Å². The molecular weight excluding hydrogens is 216 g/mol. The van der Waals surface area contributed by atoms with Gasteiger partial charge in [0.2, 0.25) is 0 Å². The highest BCUT2D eigenvalue weighted by atomic mass is 79.9. The summed E-state index contributed by atoms with van der Waals surface area (Å²) in [5.41, 5.74) is 0. The molecule has 0 spiro atoms. The van der Waals surface area contributed by atoms with Crippen molar-refractivity contribution in [2.24, 2.45) is 5.92 Å². The largest absolute Gasteiger partial charge is 0.298 e. The molecule has 68 valence electrons. The first kappa shape index (κ1) is 8.74. The molecule has 2 rings (SSSR count). The average Bonchev–Trinajstić information content (AvgIpc) is 2.20. The summed E-state index contributed by atoms with van der Waals surface area (Å²) >= 11 is 3.65. The monoisotopic (exact) mass is 230 g/mol. The Kier molecular flexibility index (Phi) is 2.28. The van der Waals surface area contributed by atoms with Crippen molar-refractivity contribution in [1.82, 2.24) is 0 Å². The number of fused-ring (bicyclic) bond motifs is 2. The summed E-state index contributed by atoms with van der Waals surface area (Å²) in [6.07, 6.45) is 8.04. The number of carbonyl (C=O) groups excluding carboxylic acids is 1. The van der Waals surface area contributed by atoms with E-state index < -0.39 is 0 Å². The van der Waals surface area contributed by atoms with Gasteiger partial charge in [0.15, 0.2) is 0 Å². The Morgan fingerprint density at radius 3 is 3.00 bits per heavy atom. The van der Waals surface area contributed by atoms with Crippen LogP contribution in [0.4, 0.5) is 0 Å². The van der Waals surface area contributed by atoms with E-state index in [2.05, 4.69) is 15.9 Å². The van der Waals surface area contributed by atoms with Gasteiger partial charge in [0.1, 0.15) is 5.78 Å². The fourth-order valence-corrected chi connectivity index (χ4v) is 3.50. The van der Waals surface area contributed by atoms with Crippen LogP contribution in [0.15, 0.2) is 0 Å². The molecule has 1 nitrogen and oxygen atoms in total. The van der Waals surface area contributed by atoms with Crippen molar-refractivity contribution < 1.29 is 4.79 Å². The first-order chi connectivity index (χ1) is 5.71. The lowest BCUT2D eigenvalue weighted by atomic mass is 9.79. The minimum absolute atomic E-state index is 0.105. The van der Waals surface area contributed by atoms with Gasteiger partial charge in [-0.15, -0.1) is 0 Å². The fourth-order valence-electron chi connectivity index (χ4n) is 2.56. The number of ketones is 1. The number of rotatable bonds is 0. The first-order valence-electron chi connectivity index (χ1n) is 4.93. The molecule has 0 radical (unpaired) electrons. The van der Waals surface area contributed by atoms with Crippen LogP contribution < -0.4 is 0 Å². The fraction of sp³-hybridized carbons (Fsp3) is 0.900. The molecule has 0 heterocycles. The van der Waals surface area contributed by atoms with Crippen molar-refractivity contribution in [3.8, 4) is 0 Å². The van der Waals surface area contributed by atoms with Gasteiger partial charge >= 0.3 is 0 Å². The highest BCUT2D eigenvalue weighted by molar-refractivity contribution is 9.10. The normalized spacial score (nSPS) is 42.4. The summed E-state index contributed by atoms with van der Waals surface area (Å²) in [4.78, 5) is 11.6. The molecule has 2 heteroatoms. The summed E-state index contributed by atoms with van der Waals surface area (Å²) < 4.78 is -0.105. The van der Waals surface area contributed by atoms with E-state index in [1.165, 1.54) is 19.3 Å². The third kappa shape index (κ3) is 1.46. The number of halogens is 1. The summed E-state index contributed by atoms with van der Waals surface area (Å²) in [7, 11) is 0. The van der Waals surface area contributed by atoms with Gasteiger partial charge in [0.05, 0.1) is 4.32 Å². The Labute approximate surface area is 82.0 Å². The molecule has 0 aromatic rings. The van der Waals surface area contributed by atoms with E-state index in [4.69, 9.17) is 0 Å². The lowest BCUT2D eigenvalue weighted by Gasteiger charge is -2.32. The molecule has 2 fully saturated rings. The third-order valence-corrected chi connectivity index (χ3v) is 4.49. The zero-order valence-corrected chi connectivity index (χ0v) is 8.90. The van der Waals surface area contributed by atoms with Crippen molar-refractivity contribution in [3.05, 3.63) is 0 Å².